The number of carbonyl (C=O) groups excluding carboxylic acids is 2. The number of anilines is 1. The summed E-state index contributed by atoms with van der Waals surface area (Å²) in [5.74, 6) is -0.126. The molecule has 0 radical (unpaired) electrons. The highest BCUT2D eigenvalue weighted by Crippen LogP contribution is 2.11. The van der Waals surface area contributed by atoms with Gasteiger partial charge in [0.25, 0.3) is 5.91 Å². The molecule has 0 aliphatic rings. The highest BCUT2D eigenvalue weighted by Gasteiger charge is 2.18. The molecule has 21 heavy (non-hydrogen) atoms. The summed E-state index contributed by atoms with van der Waals surface area (Å²) in [6.07, 6.45) is 1.56. The average molecular weight is 292 g/mol. The third-order valence-corrected chi connectivity index (χ3v) is 3.21. The second-order valence-electron chi connectivity index (χ2n) is 5.01. The number of hydrogen-bond donors (Lipinski definition) is 1. The lowest BCUT2D eigenvalue weighted by Gasteiger charge is -2.24. The Labute approximate surface area is 126 Å². The molecule has 6 nitrogen and oxygen atoms in total. The first-order valence-corrected chi connectivity index (χ1v) is 7.13. The van der Waals surface area contributed by atoms with Crippen molar-refractivity contribution in [2.24, 2.45) is 0 Å². The van der Waals surface area contributed by atoms with Crippen LogP contribution in [-0.2, 0) is 4.79 Å². The molecule has 1 aromatic rings. The van der Waals surface area contributed by atoms with Gasteiger partial charge in [-0.15, -0.1) is 0 Å². The van der Waals surface area contributed by atoms with Gasteiger partial charge in [-0.05, 0) is 32.9 Å². The minimum Gasteiger partial charge on any atom is -0.374 e. The fourth-order valence-corrected chi connectivity index (χ4v) is 1.99. The van der Waals surface area contributed by atoms with E-state index in [1.165, 1.54) is 4.90 Å². The van der Waals surface area contributed by atoms with E-state index in [9.17, 15) is 9.59 Å². The van der Waals surface area contributed by atoms with Gasteiger partial charge in [0.2, 0.25) is 5.91 Å². The fraction of sp³-hybridized carbons (Fsp3) is 0.533. The first-order valence-electron chi connectivity index (χ1n) is 7.13. The van der Waals surface area contributed by atoms with Crippen molar-refractivity contribution >= 4 is 17.5 Å². The molecule has 2 amide bonds. The summed E-state index contributed by atoms with van der Waals surface area (Å²) in [5, 5.41) is 3.12. The predicted molar refractivity (Wildman–Crippen MR) is 83.3 cm³/mol. The quantitative estimate of drug-likeness (QED) is 0.862. The van der Waals surface area contributed by atoms with Gasteiger partial charge in [-0.2, -0.15) is 0 Å². The van der Waals surface area contributed by atoms with Crippen LogP contribution >= 0.6 is 0 Å². The molecule has 1 rings (SSSR count). The molecule has 1 aromatic heterocycles. The molecule has 1 unspecified atom stereocenters. The Bertz CT molecular complexity index is 498. The number of aromatic nitrogens is 1. The Balaban J connectivity index is 2.81. The van der Waals surface area contributed by atoms with Crippen LogP contribution in [-0.4, -0.2) is 59.8 Å². The summed E-state index contributed by atoms with van der Waals surface area (Å²) in [7, 11) is 3.35. The van der Waals surface area contributed by atoms with Crippen LogP contribution in [0.25, 0.3) is 0 Å². The highest BCUT2D eigenvalue weighted by molar-refractivity contribution is 5.93. The Morgan fingerprint density at radius 2 is 1.90 bits per heavy atom. The number of amides is 2. The molecule has 0 saturated carbocycles. The van der Waals surface area contributed by atoms with E-state index in [0.717, 1.165) is 0 Å². The monoisotopic (exact) mass is 292 g/mol. The largest absolute Gasteiger partial charge is 0.374 e. The first-order chi connectivity index (χ1) is 9.90. The summed E-state index contributed by atoms with van der Waals surface area (Å²) in [4.78, 5) is 31.4. The van der Waals surface area contributed by atoms with Gasteiger partial charge in [-0.3, -0.25) is 14.6 Å². The highest BCUT2D eigenvalue weighted by atomic mass is 16.2. The summed E-state index contributed by atoms with van der Waals surface area (Å²) in [5.41, 5.74) is 1.07. The molecule has 0 fully saturated rings. The number of nitrogens with zero attached hydrogens (tertiary/aromatic N) is 3. The zero-order valence-electron chi connectivity index (χ0n) is 13.4. The number of hydrogen-bond acceptors (Lipinski definition) is 4. The van der Waals surface area contributed by atoms with Crippen LogP contribution in [0.3, 0.4) is 0 Å². The predicted octanol–water partition coefficient (Wildman–Crippen LogP) is 1.45. The van der Waals surface area contributed by atoms with Crippen molar-refractivity contribution in [2.45, 2.75) is 26.8 Å². The van der Waals surface area contributed by atoms with Crippen LogP contribution < -0.4 is 5.32 Å². The Morgan fingerprint density at radius 3 is 2.43 bits per heavy atom. The van der Waals surface area contributed by atoms with Crippen molar-refractivity contribution in [3.05, 3.63) is 24.0 Å². The van der Waals surface area contributed by atoms with Gasteiger partial charge in [0, 0.05) is 39.1 Å². The average Bonchev–Trinajstić information content (AvgIpc) is 2.47. The van der Waals surface area contributed by atoms with Gasteiger partial charge in [0.05, 0.1) is 0 Å². The maximum Gasteiger partial charge on any atom is 0.272 e. The molecular weight excluding hydrogens is 268 g/mol. The van der Waals surface area contributed by atoms with Crippen molar-refractivity contribution in [3.8, 4) is 0 Å². The molecule has 116 valence electrons. The standard InChI is InChI=1S/C15H24N4O2/c1-6-19(7-2)14(20)11(3)17-12-8-9-16-13(10-12)15(21)18(4)5/h8-11H,6-7H2,1-5H3,(H,16,17). The Hall–Kier alpha value is -2.11. The van der Waals surface area contributed by atoms with Crippen molar-refractivity contribution in [1.29, 1.82) is 0 Å². The molecule has 1 N–H and O–H groups in total. The van der Waals surface area contributed by atoms with Crippen molar-refractivity contribution in [3.63, 3.8) is 0 Å². The number of rotatable bonds is 6. The van der Waals surface area contributed by atoms with Crippen LogP contribution in [0.4, 0.5) is 5.69 Å². The molecule has 0 aliphatic carbocycles. The van der Waals surface area contributed by atoms with E-state index in [0.29, 0.717) is 24.5 Å². The van der Waals surface area contributed by atoms with Crippen LogP contribution in [0, 0.1) is 0 Å². The first kappa shape index (κ1) is 16.9. The van der Waals surface area contributed by atoms with E-state index in [1.807, 2.05) is 20.8 Å². The van der Waals surface area contributed by atoms with Gasteiger partial charge >= 0.3 is 0 Å². The SMILES string of the molecule is CCN(CC)C(=O)C(C)Nc1ccnc(C(=O)N(C)C)c1. The molecule has 0 bridgehead atoms. The summed E-state index contributed by atoms with van der Waals surface area (Å²) in [6.45, 7) is 7.08. The molecule has 0 aromatic carbocycles. The Kier molecular flexibility index (Phi) is 6.14. The lowest BCUT2D eigenvalue weighted by atomic mass is 10.2. The third kappa shape index (κ3) is 4.44. The van der Waals surface area contributed by atoms with Crippen LogP contribution in [0.2, 0.25) is 0 Å². The molecule has 0 saturated heterocycles. The molecular formula is C15H24N4O2. The second-order valence-corrected chi connectivity index (χ2v) is 5.01. The van der Waals surface area contributed by atoms with Crippen molar-refractivity contribution in [2.75, 3.05) is 32.5 Å². The zero-order chi connectivity index (χ0) is 16.0. The minimum absolute atomic E-state index is 0.0392. The summed E-state index contributed by atoms with van der Waals surface area (Å²) in [6, 6.07) is 3.06. The van der Waals surface area contributed by atoms with Gasteiger partial charge in [-0.1, -0.05) is 0 Å². The lowest BCUT2D eigenvalue weighted by molar-refractivity contribution is -0.131. The van der Waals surface area contributed by atoms with E-state index >= 15 is 0 Å². The van der Waals surface area contributed by atoms with E-state index in [4.69, 9.17) is 0 Å². The minimum atomic E-state index is -0.352. The van der Waals surface area contributed by atoms with Gasteiger partial charge in [0.15, 0.2) is 0 Å². The van der Waals surface area contributed by atoms with Gasteiger partial charge in [0.1, 0.15) is 11.7 Å². The molecule has 6 heteroatoms. The number of carbonyl (C=O) groups is 2. The second kappa shape index (κ2) is 7.61. The van der Waals surface area contributed by atoms with Gasteiger partial charge < -0.3 is 15.1 Å². The fourth-order valence-electron chi connectivity index (χ4n) is 1.99. The maximum atomic E-state index is 12.2. The topological polar surface area (TPSA) is 65.5 Å². The number of nitrogens with one attached hydrogen (secondary N) is 1. The Morgan fingerprint density at radius 1 is 1.29 bits per heavy atom. The molecule has 0 aliphatic heterocycles. The smallest absolute Gasteiger partial charge is 0.272 e. The number of likely N-dealkylation sites (N-methyl/N-ethyl adjacent to an activating group) is 1. The molecule has 1 atom stereocenters. The molecule has 0 spiro atoms. The van der Waals surface area contributed by atoms with Crippen LogP contribution in [0.5, 0.6) is 0 Å². The number of pyridine rings is 1. The summed E-state index contributed by atoms with van der Waals surface area (Å²) >= 11 is 0. The van der Waals surface area contributed by atoms with E-state index < -0.39 is 0 Å². The van der Waals surface area contributed by atoms with Crippen molar-refractivity contribution < 1.29 is 9.59 Å². The van der Waals surface area contributed by atoms with Crippen molar-refractivity contribution in [1.82, 2.24) is 14.8 Å². The maximum absolute atomic E-state index is 12.2. The van der Waals surface area contributed by atoms with E-state index in [2.05, 4.69) is 10.3 Å². The third-order valence-electron chi connectivity index (χ3n) is 3.21. The lowest BCUT2D eigenvalue weighted by Crippen LogP contribution is -2.41. The van der Waals surface area contributed by atoms with Crippen LogP contribution in [0.15, 0.2) is 18.3 Å². The van der Waals surface area contributed by atoms with E-state index in [1.54, 1.807) is 37.3 Å². The zero-order valence-corrected chi connectivity index (χ0v) is 13.4. The normalized spacial score (nSPS) is 11.7. The molecule has 1 heterocycles. The van der Waals surface area contributed by atoms with E-state index in [-0.39, 0.29) is 17.9 Å². The summed E-state index contributed by atoms with van der Waals surface area (Å²) < 4.78 is 0. The van der Waals surface area contributed by atoms with Crippen LogP contribution in [0.1, 0.15) is 31.3 Å². The van der Waals surface area contributed by atoms with Gasteiger partial charge in [-0.25, -0.2) is 0 Å².